The van der Waals surface area contributed by atoms with Gasteiger partial charge in [0, 0.05) is 44.5 Å². The van der Waals surface area contributed by atoms with Gasteiger partial charge in [-0.3, -0.25) is 9.59 Å². The van der Waals surface area contributed by atoms with Crippen molar-refractivity contribution in [1.29, 1.82) is 0 Å². The van der Waals surface area contributed by atoms with Crippen molar-refractivity contribution in [3.8, 4) is 11.5 Å². The fourth-order valence-corrected chi connectivity index (χ4v) is 4.13. The highest BCUT2D eigenvalue weighted by molar-refractivity contribution is 5.94. The number of pyridine rings is 1. The maximum Gasteiger partial charge on any atom is 0.263 e. The lowest BCUT2D eigenvalue weighted by atomic mass is 10.1. The van der Waals surface area contributed by atoms with Crippen molar-refractivity contribution in [2.24, 2.45) is 0 Å². The van der Waals surface area contributed by atoms with Gasteiger partial charge in [0.2, 0.25) is 0 Å². The zero-order valence-corrected chi connectivity index (χ0v) is 19.2. The molecule has 1 saturated heterocycles. The number of amides is 2. The second-order valence-corrected chi connectivity index (χ2v) is 8.00. The molecule has 1 fully saturated rings. The van der Waals surface area contributed by atoms with E-state index >= 15 is 0 Å². The molecule has 0 spiro atoms. The summed E-state index contributed by atoms with van der Waals surface area (Å²) in [7, 11) is 3.06. The number of furan rings is 1. The van der Waals surface area contributed by atoms with Crippen molar-refractivity contribution >= 4 is 28.6 Å². The van der Waals surface area contributed by atoms with Crippen LogP contribution in [-0.4, -0.2) is 67.6 Å². The smallest absolute Gasteiger partial charge is 0.263 e. The number of methoxy groups -OCH3 is 1. The van der Waals surface area contributed by atoms with E-state index < -0.39 is 6.10 Å². The van der Waals surface area contributed by atoms with Gasteiger partial charge >= 0.3 is 0 Å². The Morgan fingerprint density at radius 3 is 2.76 bits per heavy atom. The molecule has 4 rings (SSSR count). The van der Waals surface area contributed by atoms with E-state index in [0.717, 1.165) is 16.8 Å². The van der Waals surface area contributed by atoms with E-state index in [0.29, 0.717) is 36.7 Å². The van der Waals surface area contributed by atoms with E-state index in [1.54, 1.807) is 44.6 Å². The second kappa shape index (κ2) is 9.40. The molecular formula is C24H28N4O5. The first-order valence-electron chi connectivity index (χ1n) is 10.9. The van der Waals surface area contributed by atoms with Gasteiger partial charge in [0.15, 0.2) is 17.6 Å². The van der Waals surface area contributed by atoms with E-state index in [-0.39, 0.29) is 17.9 Å². The first kappa shape index (κ1) is 22.4. The zero-order chi connectivity index (χ0) is 23.5. The lowest BCUT2D eigenvalue weighted by molar-refractivity contribution is -0.140. The quantitative estimate of drug-likeness (QED) is 0.614. The maximum atomic E-state index is 13.2. The average molecular weight is 453 g/mol. The van der Waals surface area contributed by atoms with Crippen LogP contribution < -0.4 is 19.7 Å². The van der Waals surface area contributed by atoms with Crippen LogP contribution in [0.15, 0.2) is 47.2 Å². The molecule has 2 amide bonds. The highest BCUT2D eigenvalue weighted by Gasteiger charge is 2.32. The molecule has 0 aliphatic carbocycles. The number of carbonyl (C=O) groups is 2. The van der Waals surface area contributed by atoms with Crippen LogP contribution in [0.1, 0.15) is 24.2 Å². The van der Waals surface area contributed by atoms with Gasteiger partial charge in [0.1, 0.15) is 11.4 Å². The Morgan fingerprint density at radius 1 is 1.21 bits per heavy atom. The second-order valence-electron chi connectivity index (χ2n) is 8.00. The zero-order valence-electron chi connectivity index (χ0n) is 19.2. The summed E-state index contributed by atoms with van der Waals surface area (Å²) in [6.45, 7) is 5.60. The third-order valence-corrected chi connectivity index (χ3v) is 5.87. The van der Waals surface area contributed by atoms with Crippen LogP contribution in [0.4, 0.5) is 5.82 Å². The summed E-state index contributed by atoms with van der Waals surface area (Å²) in [4.78, 5) is 33.6. The van der Waals surface area contributed by atoms with Gasteiger partial charge in [-0.15, -0.1) is 0 Å². The Morgan fingerprint density at radius 2 is 2.03 bits per heavy atom. The highest BCUT2D eigenvalue weighted by atomic mass is 16.5. The Labute approximate surface area is 192 Å². The Bertz CT molecular complexity index is 1160. The molecule has 1 N–H and O–H groups in total. The van der Waals surface area contributed by atoms with Gasteiger partial charge in [-0.25, -0.2) is 4.98 Å². The number of carbonyl (C=O) groups excluding carboxylic acids is 2. The fourth-order valence-electron chi connectivity index (χ4n) is 4.13. The number of nitrogens with one attached hydrogen (secondary N) is 1. The number of hydrogen-bond donors (Lipinski definition) is 1. The molecule has 3 heterocycles. The summed E-state index contributed by atoms with van der Waals surface area (Å²) >= 11 is 0. The minimum atomic E-state index is -0.714. The fraction of sp³-hybridized carbons (Fsp3) is 0.375. The Balaban J connectivity index is 1.43. The van der Waals surface area contributed by atoms with Crippen molar-refractivity contribution in [3.05, 3.63) is 48.4 Å². The van der Waals surface area contributed by atoms with Crippen LogP contribution in [0.3, 0.4) is 0 Å². The lowest BCUT2D eigenvalue weighted by Gasteiger charge is -2.41. The molecule has 174 valence electrons. The van der Waals surface area contributed by atoms with Gasteiger partial charge in [-0.1, -0.05) is 0 Å². The number of fused-ring (bicyclic) bond motifs is 1. The van der Waals surface area contributed by atoms with Gasteiger partial charge in [-0.05, 0) is 44.2 Å². The summed E-state index contributed by atoms with van der Waals surface area (Å²) in [5.41, 5.74) is 1.25. The Hall–Kier alpha value is -3.75. The highest BCUT2D eigenvalue weighted by Crippen LogP contribution is 2.30. The summed E-state index contributed by atoms with van der Waals surface area (Å²) in [5, 5.41) is 3.54. The molecular weight excluding hydrogens is 424 g/mol. The van der Waals surface area contributed by atoms with Crippen LogP contribution in [0.5, 0.6) is 11.5 Å². The number of benzene rings is 1. The molecule has 0 saturated carbocycles. The number of aromatic nitrogens is 1. The number of ether oxygens (including phenoxy) is 2. The standard InChI is InChI=1S/C24H28N4O5/c1-15-14-27(22-18-8-12-32-19(18)7-9-26-22)10-11-28(15)24(30)16(2)33-20-6-5-17(23(29)25-3)13-21(20)31-4/h5-9,12-13,15-16H,10-11,14H2,1-4H3,(H,25,29). The molecule has 9 nitrogen and oxygen atoms in total. The average Bonchev–Trinajstić information content (AvgIpc) is 3.32. The number of piperazine rings is 1. The number of nitrogens with zero attached hydrogens (tertiary/aromatic N) is 3. The summed E-state index contributed by atoms with van der Waals surface area (Å²) in [6, 6.07) is 8.61. The number of hydrogen-bond acceptors (Lipinski definition) is 7. The van der Waals surface area contributed by atoms with E-state index in [4.69, 9.17) is 13.9 Å². The molecule has 1 aromatic carbocycles. The number of rotatable bonds is 6. The van der Waals surface area contributed by atoms with E-state index in [1.807, 2.05) is 24.0 Å². The van der Waals surface area contributed by atoms with Gasteiger partial charge < -0.3 is 29.0 Å². The largest absolute Gasteiger partial charge is 0.493 e. The molecule has 0 bridgehead atoms. The van der Waals surface area contributed by atoms with Crippen molar-refractivity contribution in [1.82, 2.24) is 15.2 Å². The Kier molecular flexibility index (Phi) is 6.39. The molecule has 3 aromatic rings. The van der Waals surface area contributed by atoms with Crippen molar-refractivity contribution in [2.75, 3.05) is 38.7 Å². The van der Waals surface area contributed by atoms with Crippen LogP contribution in [0.2, 0.25) is 0 Å². The summed E-state index contributed by atoms with van der Waals surface area (Å²) < 4.78 is 16.8. The minimum absolute atomic E-state index is 0.0289. The van der Waals surface area contributed by atoms with E-state index in [9.17, 15) is 9.59 Å². The molecule has 2 atom stereocenters. The SMILES string of the molecule is CNC(=O)c1ccc(OC(C)C(=O)N2CCN(c3nccc4occc34)CC2C)c(OC)c1. The summed E-state index contributed by atoms with van der Waals surface area (Å²) in [5.74, 6) is 1.34. The van der Waals surface area contributed by atoms with Gasteiger partial charge in [0.05, 0.1) is 18.8 Å². The summed E-state index contributed by atoms with van der Waals surface area (Å²) in [6.07, 6.45) is 2.68. The first-order chi connectivity index (χ1) is 15.9. The maximum absolute atomic E-state index is 13.2. The monoisotopic (exact) mass is 452 g/mol. The van der Waals surface area contributed by atoms with Crippen molar-refractivity contribution < 1.29 is 23.5 Å². The molecule has 1 aliphatic heterocycles. The van der Waals surface area contributed by atoms with Gasteiger partial charge in [0.25, 0.3) is 11.8 Å². The van der Waals surface area contributed by atoms with Crippen LogP contribution in [0.25, 0.3) is 11.0 Å². The van der Waals surface area contributed by atoms with Gasteiger partial charge in [-0.2, -0.15) is 0 Å². The van der Waals surface area contributed by atoms with Crippen LogP contribution in [0, 0.1) is 0 Å². The third kappa shape index (κ3) is 4.44. The van der Waals surface area contributed by atoms with Crippen molar-refractivity contribution in [3.63, 3.8) is 0 Å². The number of anilines is 1. The van der Waals surface area contributed by atoms with E-state index in [1.165, 1.54) is 7.11 Å². The van der Waals surface area contributed by atoms with Crippen LogP contribution in [-0.2, 0) is 4.79 Å². The third-order valence-electron chi connectivity index (χ3n) is 5.87. The normalized spacial score (nSPS) is 17.0. The molecule has 2 unspecified atom stereocenters. The first-order valence-corrected chi connectivity index (χ1v) is 10.9. The predicted octanol–water partition coefficient (Wildman–Crippen LogP) is 2.70. The lowest BCUT2D eigenvalue weighted by Crippen LogP contribution is -2.56. The topological polar surface area (TPSA) is 97.1 Å². The molecule has 2 aromatic heterocycles. The molecule has 9 heteroatoms. The molecule has 1 aliphatic rings. The predicted molar refractivity (Wildman–Crippen MR) is 124 cm³/mol. The van der Waals surface area contributed by atoms with Crippen LogP contribution >= 0.6 is 0 Å². The molecule has 0 radical (unpaired) electrons. The minimum Gasteiger partial charge on any atom is -0.493 e. The molecule has 33 heavy (non-hydrogen) atoms. The van der Waals surface area contributed by atoms with E-state index in [2.05, 4.69) is 15.2 Å². The van der Waals surface area contributed by atoms with Crippen molar-refractivity contribution in [2.45, 2.75) is 26.0 Å².